The van der Waals surface area contributed by atoms with E-state index in [-0.39, 0.29) is 12.1 Å². The molecule has 3 N–H and O–H groups in total. The Morgan fingerprint density at radius 3 is 2.39 bits per heavy atom. The maximum atomic E-state index is 9.28. The average Bonchev–Trinajstić information content (AvgIpc) is 3.24. The Labute approximate surface area is 111 Å². The average molecular weight is 255 g/mol. The molecule has 0 aromatic heterocycles. The zero-order chi connectivity index (χ0) is 13.0. The molecule has 1 aliphatic heterocycles. The Bertz CT molecular complexity index is 243. The lowest BCUT2D eigenvalue weighted by molar-refractivity contribution is 0.118. The number of rotatable bonds is 7. The summed E-state index contributed by atoms with van der Waals surface area (Å²) in [5, 5.41) is 9.28. The van der Waals surface area contributed by atoms with Crippen molar-refractivity contribution in [1.82, 2.24) is 9.80 Å². The van der Waals surface area contributed by atoms with Crippen LogP contribution in [0.4, 0.5) is 0 Å². The van der Waals surface area contributed by atoms with Gasteiger partial charge in [0.05, 0.1) is 6.61 Å². The number of nitrogens with two attached hydrogens (primary N) is 1. The summed E-state index contributed by atoms with van der Waals surface area (Å²) in [7, 11) is 0. The Morgan fingerprint density at radius 2 is 1.89 bits per heavy atom. The summed E-state index contributed by atoms with van der Waals surface area (Å²) in [6.07, 6.45) is 5.74. The molecular formula is C14H29N3O. The minimum atomic E-state index is -0.351. The van der Waals surface area contributed by atoms with Crippen molar-refractivity contribution in [2.24, 2.45) is 5.73 Å². The molecule has 0 aromatic carbocycles. The number of nitrogens with zero attached hydrogens (tertiary/aromatic N) is 2. The van der Waals surface area contributed by atoms with Gasteiger partial charge in [-0.05, 0) is 38.6 Å². The van der Waals surface area contributed by atoms with Crippen molar-refractivity contribution >= 4 is 0 Å². The Morgan fingerprint density at radius 1 is 1.22 bits per heavy atom. The van der Waals surface area contributed by atoms with Crippen LogP contribution in [-0.4, -0.2) is 65.8 Å². The molecule has 18 heavy (non-hydrogen) atoms. The van der Waals surface area contributed by atoms with Crippen molar-refractivity contribution in [2.75, 3.05) is 39.3 Å². The third kappa shape index (κ3) is 3.92. The van der Waals surface area contributed by atoms with Crippen LogP contribution in [-0.2, 0) is 0 Å². The van der Waals surface area contributed by atoms with E-state index in [1.807, 2.05) is 0 Å². The van der Waals surface area contributed by atoms with Gasteiger partial charge in [-0.2, -0.15) is 0 Å². The largest absolute Gasteiger partial charge is 0.394 e. The van der Waals surface area contributed by atoms with E-state index in [1.54, 1.807) is 0 Å². The molecule has 1 aliphatic carbocycles. The summed E-state index contributed by atoms with van der Waals surface area (Å²) >= 11 is 0. The summed E-state index contributed by atoms with van der Waals surface area (Å²) in [6, 6.07) is 0.915. The number of aliphatic hydroxyl groups is 1. The van der Waals surface area contributed by atoms with Gasteiger partial charge in [0.25, 0.3) is 0 Å². The molecule has 0 radical (unpaired) electrons. The van der Waals surface area contributed by atoms with Gasteiger partial charge in [0.15, 0.2) is 0 Å². The lowest BCUT2D eigenvalue weighted by Crippen LogP contribution is -2.48. The lowest BCUT2D eigenvalue weighted by Gasteiger charge is -2.35. The van der Waals surface area contributed by atoms with E-state index in [2.05, 4.69) is 16.7 Å². The van der Waals surface area contributed by atoms with Crippen LogP contribution in [0, 0.1) is 0 Å². The molecule has 2 aliphatic rings. The maximum absolute atomic E-state index is 9.28. The Hall–Kier alpha value is -0.160. The number of hydrogen-bond acceptors (Lipinski definition) is 4. The van der Waals surface area contributed by atoms with Crippen LogP contribution in [0.25, 0.3) is 0 Å². The standard InChI is InChI=1S/C14H29N3O/c1-2-14(15,12-18)6-3-7-16-8-10-17(11-9-16)13-4-5-13/h13,18H,2-12,15H2,1H3. The molecule has 2 fully saturated rings. The van der Waals surface area contributed by atoms with E-state index in [9.17, 15) is 5.11 Å². The predicted molar refractivity (Wildman–Crippen MR) is 74.6 cm³/mol. The fraction of sp³-hybridized carbons (Fsp3) is 1.00. The van der Waals surface area contributed by atoms with Gasteiger partial charge in [-0.3, -0.25) is 4.90 Å². The van der Waals surface area contributed by atoms with Gasteiger partial charge in [0, 0.05) is 37.8 Å². The second-order valence-corrected chi connectivity index (χ2v) is 6.09. The monoisotopic (exact) mass is 255 g/mol. The third-order valence-electron chi connectivity index (χ3n) is 4.64. The van der Waals surface area contributed by atoms with E-state index in [4.69, 9.17) is 5.73 Å². The maximum Gasteiger partial charge on any atom is 0.0611 e. The van der Waals surface area contributed by atoms with E-state index in [0.29, 0.717) is 0 Å². The van der Waals surface area contributed by atoms with Gasteiger partial charge in [0.2, 0.25) is 0 Å². The van der Waals surface area contributed by atoms with Gasteiger partial charge in [-0.15, -0.1) is 0 Å². The van der Waals surface area contributed by atoms with E-state index >= 15 is 0 Å². The summed E-state index contributed by atoms with van der Waals surface area (Å²) in [5.74, 6) is 0. The van der Waals surface area contributed by atoms with Crippen LogP contribution in [0.2, 0.25) is 0 Å². The van der Waals surface area contributed by atoms with Gasteiger partial charge >= 0.3 is 0 Å². The normalized spacial score (nSPS) is 26.2. The fourth-order valence-electron chi connectivity index (χ4n) is 2.81. The molecule has 4 heteroatoms. The third-order valence-corrected chi connectivity index (χ3v) is 4.64. The van der Waals surface area contributed by atoms with Crippen LogP contribution in [0.15, 0.2) is 0 Å². The van der Waals surface area contributed by atoms with Crippen LogP contribution >= 0.6 is 0 Å². The first-order valence-electron chi connectivity index (χ1n) is 7.53. The van der Waals surface area contributed by atoms with Crippen molar-refractivity contribution in [3.05, 3.63) is 0 Å². The van der Waals surface area contributed by atoms with E-state index in [0.717, 1.165) is 31.8 Å². The van der Waals surface area contributed by atoms with Gasteiger partial charge in [0.1, 0.15) is 0 Å². The van der Waals surface area contributed by atoms with Crippen molar-refractivity contribution in [1.29, 1.82) is 0 Å². The van der Waals surface area contributed by atoms with Crippen LogP contribution in [0.5, 0.6) is 0 Å². The second kappa shape index (κ2) is 6.33. The molecule has 1 saturated carbocycles. The fourth-order valence-corrected chi connectivity index (χ4v) is 2.81. The number of piperazine rings is 1. The van der Waals surface area contributed by atoms with Gasteiger partial charge in [-0.25, -0.2) is 0 Å². The zero-order valence-electron chi connectivity index (χ0n) is 11.8. The topological polar surface area (TPSA) is 52.7 Å². The molecule has 1 atom stereocenters. The lowest BCUT2D eigenvalue weighted by atomic mass is 9.92. The molecule has 4 nitrogen and oxygen atoms in total. The highest BCUT2D eigenvalue weighted by Gasteiger charge is 2.31. The molecular weight excluding hydrogens is 226 g/mol. The van der Waals surface area contributed by atoms with Crippen LogP contribution < -0.4 is 5.73 Å². The van der Waals surface area contributed by atoms with Gasteiger partial charge in [-0.1, -0.05) is 6.92 Å². The highest BCUT2D eigenvalue weighted by molar-refractivity contribution is 4.88. The van der Waals surface area contributed by atoms with E-state index in [1.165, 1.54) is 39.0 Å². The van der Waals surface area contributed by atoms with Crippen LogP contribution in [0.3, 0.4) is 0 Å². The SMILES string of the molecule is CCC(N)(CO)CCCN1CCN(C2CC2)CC1. The summed E-state index contributed by atoms with van der Waals surface area (Å²) in [6.45, 7) is 8.21. The molecule has 0 amide bonds. The summed E-state index contributed by atoms with van der Waals surface area (Å²) in [4.78, 5) is 5.19. The first kappa shape index (κ1) is 14.3. The first-order valence-corrected chi connectivity index (χ1v) is 7.53. The molecule has 2 rings (SSSR count). The molecule has 106 valence electrons. The Kier molecular flexibility index (Phi) is 5.01. The molecule has 0 bridgehead atoms. The van der Waals surface area contributed by atoms with Crippen molar-refractivity contribution in [3.63, 3.8) is 0 Å². The highest BCUT2D eigenvalue weighted by Crippen LogP contribution is 2.27. The minimum Gasteiger partial charge on any atom is -0.394 e. The van der Waals surface area contributed by atoms with E-state index < -0.39 is 0 Å². The summed E-state index contributed by atoms with van der Waals surface area (Å²) in [5.41, 5.74) is 5.75. The highest BCUT2D eigenvalue weighted by atomic mass is 16.3. The molecule has 1 heterocycles. The number of aliphatic hydroxyl groups excluding tert-OH is 1. The van der Waals surface area contributed by atoms with Crippen molar-refractivity contribution in [2.45, 2.75) is 50.6 Å². The molecule has 1 unspecified atom stereocenters. The molecule has 0 aromatic rings. The number of hydrogen-bond donors (Lipinski definition) is 2. The van der Waals surface area contributed by atoms with Gasteiger partial charge < -0.3 is 15.7 Å². The quantitative estimate of drug-likeness (QED) is 0.701. The smallest absolute Gasteiger partial charge is 0.0611 e. The Balaban J connectivity index is 1.60. The molecule has 0 spiro atoms. The zero-order valence-corrected chi connectivity index (χ0v) is 11.8. The summed E-state index contributed by atoms with van der Waals surface area (Å²) < 4.78 is 0. The predicted octanol–water partition coefficient (Wildman–Crippen LogP) is 0.646. The van der Waals surface area contributed by atoms with Crippen LogP contribution in [0.1, 0.15) is 39.0 Å². The first-order chi connectivity index (χ1) is 8.67. The second-order valence-electron chi connectivity index (χ2n) is 6.09. The van der Waals surface area contributed by atoms with Crippen molar-refractivity contribution in [3.8, 4) is 0 Å². The van der Waals surface area contributed by atoms with Crippen molar-refractivity contribution < 1.29 is 5.11 Å². The molecule has 1 saturated heterocycles. The minimum absolute atomic E-state index is 0.110.